The first-order valence-corrected chi connectivity index (χ1v) is 8.10. The van der Waals surface area contributed by atoms with Gasteiger partial charge in [-0.05, 0) is 18.1 Å². The highest BCUT2D eigenvalue weighted by atomic mass is 32.2. The van der Waals surface area contributed by atoms with Crippen LogP contribution < -0.4 is 4.74 Å². The number of fused-ring (bicyclic) bond motifs is 1. The van der Waals surface area contributed by atoms with Crippen molar-refractivity contribution >= 4 is 22.8 Å². The van der Waals surface area contributed by atoms with E-state index in [1.54, 1.807) is 18.9 Å². The maximum absolute atomic E-state index is 5.25. The summed E-state index contributed by atoms with van der Waals surface area (Å²) in [6.45, 7) is 4.26. The lowest BCUT2D eigenvalue weighted by atomic mass is 10.1. The normalized spacial score (nSPS) is 11.5. The Morgan fingerprint density at radius 2 is 2.18 bits per heavy atom. The Hall–Kier alpha value is -2.02. The maximum atomic E-state index is 5.25. The van der Waals surface area contributed by atoms with E-state index < -0.39 is 0 Å². The summed E-state index contributed by atoms with van der Waals surface area (Å²) in [5.74, 6) is 3.31. The minimum Gasteiger partial charge on any atom is -0.497 e. The van der Waals surface area contributed by atoms with Crippen molar-refractivity contribution in [1.29, 1.82) is 0 Å². The molecule has 0 amide bonds. The second-order valence-corrected chi connectivity index (χ2v) is 6.38. The van der Waals surface area contributed by atoms with E-state index in [0.717, 1.165) is 34.2 Å². The minimum atomic E-state index is 0.517. The van der Waals surface area contributed by atoms with Gasteiger partial charge in [0.2, 0.25) is 5.89 Å². The molecular weight excluding hydrogens is 300 g/mol. The fourth-order valence-corrected chi connectivity index (χ4v) is 2.81. The van der Waals surface area contributed by atoms with Crippen LogP contribution in [0.5, 0.6) is 5.75 Å². The zero-order valence-corrected chi connectivity index (χ0v) is 13.6. The van der Waals surface area contributed by atoms with E-state index in [0.29, 0.717) is 17.6 Å². The Balaban J connectivity index is 1.67. The van der Waals surface area contributed by atoms with E-state index in [-0.39, 0.29) is 0 Å². The minimum absolute atomic E-state index is 0.517. The molecule has 2 aromatic heterocycles. The average Bonchev–Trinajstić information content (AvgIpc) is 3.09. The summed E-state index contributed by atoms with van der Waals surface area (Å²) in [6.07, 6.45) is 0.832. The van der Waals surface area contributed by atoms with Gasteiger partial charge in [-0.3, -0.25) is 0 Å². The van der Waals surface area contributed by atoms with Crippen molar-refractivity contribution < 1.29 is 9.26 Å². The highest BCUT2D eigenvalue weighted by Crippen LogP contribution is 2.25. The topological polar surface area (TPSA) is 76.8 Å². The fourth-order valence-electron chi connectivity index (χ4n) is 2.09. The van der Waals surface area contributed by atoms with Crippen LogP contribution in [0, 0.1) is 5.92 Å². The number of aromatic amines is 1. The summed E-state index contributed by atoms with van der Waals surface area (Å²) in [5, 5.41) is 4.81. The van der Waals surface area contributed by atoms with Crippen molar-refractivity contribution in [3.63, 3.8) is 0 Å². The predicted octanol–water partition coefficient (Wildman–Crippen LogP) is 3.45. The molecule has 6 nitrogen and oxygen atoms in total. The third-order valence-electron chi connectivity index (χ3n) is 3.10. The molecule has 0 aliphatic carbocycles. The molecule has 0 saturated carbocycles. The fraction of sp³-hybridized carbons (Fsp3) is 0.400. The Morgan fingerprint density at radius 1 is 1.32 bits per heavy atom. The van der Waals surface area contributed by atoms with Gasteiger partial charge in [0.05, 0.1) is 23.9 Å². The summed E-state index contributed by atoms with van der Waals surface area (Å²) >= 11 is 1.54. The first kappa shape index (κ1) is 14.9. The van der Waals surface area contributed by atoms with Crippen LogP contribution in [-0.2, 0) is 12.2 Å². The van der Waals surface area contributed by atoms with Gasteiger partial charge in [-0.2, -0.15) is 4.98 Å². The van der Waals surface area contributed by atoms with E-state index in [9.17, 15) is 0 Å². The predicted molar refractivity (Wildman–Crippen MR) is 85.0 cm³/mol. The third-order valence-corrected chi connectivity index (χ3v) is 3.96. The lowest BCUT2D eigenvalue weighted by Crippen LogP contribution is -1.96. The van der Waals surface area contributed by atoms with Crippen LogP contribution >= 0.6 is 11.8 Å². The number of rotatable bonds is 6. The number of aromatic nitrogens is 4. The molecule has 0 unspecified atom stereocenters. The molecule has 116 valence electrons. The molecule has 0 radical (unpaired) electrons. The van der Waals surface area contributed by atoms with Crippen molar-refractivity contribution in [2.45, 2.75) is 31.2 Å². The molecule has 0 bridgehead atoms. The van der Waals surface area contributed by atoms with Crippen molar-refractivity contribution in [3.8, 4) is 5.75 Å². The molecular formula is C15H18N4O2S. The molecule has 0 aliphatic rings. The molecule has 3 rings (SSSR count). The highest BCUT2D eigenvalue weighted by Gasteiger charge is 2.10. The summed E-state index contributed by atoms with van der Waals surface area (Å²) in [7, 11) is 1.65. The number of thioether (sulfide) groups is 1. The number of benzene rings is 1. The number of methoxy groups -OCH3 is 1. The number of ether oxygens (including phenoxy) is 1. The van der Waals surface area contributed by atoms with Gasteiger partial charge < -0.3 is 14.2 Å². The molecule has 0 fully saturated rings. The lowest BCUT2D eigenvalue weighted by Gasteiger charge is -1.96. The van der Waals surface area contributed by atoms with Crippen LogP contribution in [0.3, 0.4) is 0 Å². The molecule has 7 heteroatoms. The van der Waals surface area contributed by atoms with E-state index in [1.807, 2.05) is 18.2 Å². The molecule has 22 heavy (non-hydrogen) atoms. The number of H-pyrrole nitrogens is 1. The first-order chi connectivity index (χ1) is 10.6. The second kappa shape index (κ2) is 6.39. The van der Waals surface area contributed by atoms with Crippen LogP contribution in [0.25, 0.3) is 11.0 Å². The van der Waals surface area contributed by atoms with Crippen molar-refractivity contribution in [3.05, 3.63) is 29.9 Å². The van der Waals surface area contributed by atoms with Crippen molar-refractivity contribution in [1.82, 2.24) is 20.1 Å². The van der Waals surface area contributed by atoms with Gasteiger partial charge in [-0.25, -0.2) is 4.98 Å². The third kappa shape index (κ3) is 3.41. The largest absolute Gasteiger partial charge is 0.497 e. The molecule has 1 aromatic carbocycles. The van der Waals surface area contributed by atoms with E-state index in [2.05, 4.69) is 34.0 Å². The van der Waals surface area contributed by atoms with E-state index in [1.165, 1.54) is 0 Å². The monoisotopic (exact) mass is 318 g/mol. The van der Waals surface area contributed by atoms with Crippen molar-refractivity contribution in [2.75, 3.05) is 7.11 Å². The molecule has 1 N–H and O–H groups in total. The zero-order chi connectivity index (χ0) is 15.5. The standard InChI is InChI=1S/C15H18N4O2S/c1-9(2)6-13-18-14(21-19-13)8-22-15-16-11-5-4-10(20-3)7-12(11)17-15/h4-5,7,9H,6,8H2,1-3H3,(H,16,17). The Kier molecular flexibility index (Phi) is 4.33. The quantitative estimate of drug-likeness (QED) is 0.702. The van der Waals surface area contributed by atoms with Gasteiger partial charge in [-0.15, -0.1) is 0 Å². The highest BCUT2D eigenvalue weighted by molar-refractivity contribution is 7.98. The van der Waals surface area contributed by atoms with Gasteiger partial charge in [-0.1, -0.05) is 30.8 Å². The number of imidazole rings is 1. The number of nitrogens with one attached hydrogen (secondary N) is 1. The Labute approximate surface area is 132 Å². The molecule has 0 aliphatic heterocycles. The summed E-state index contributed by atoms with van der Waals surface area (Å²) in [5.41, 5.74) is 1.86. The Morgan fingerprint density at radius 3 is 2.95 bits per heavy atom. The van der Waals surface area contributed by atoms with Crippen LogP contribution in [-0.4, -0.2) is 27.2 Å². The number of hydrogen-bond donors (Lipinski definition) is 1. The lowest BCUT2D eigenvalue weighted by molar-refractivity contribution is 0.382. The summed E-state index contributed by atoms with van der Waals surface area (Å²) < 4.78 is 10.5. The first-order valence-electron chi connectivity index (χ1n) is 7.12. The van der Waals surface area contributed by atoms with Crippen LogP contribution in [0.2, 0.25) is 0 Å². The maximum Gasteiger partial charge on any atom is 0.237 e. The summed E-state index contributed by atoms with van der Waals surface area (Å²) in [4.78, 5) is 12.2. The van der Waals surface area contributed by atoms with Gasteiger partial charge in [0.15, 0.2) is 11.0 Å². The molecule has 0 atom stereocenters. The van der Waals surface area contributed by atoms with Crippen LogP contribution in [0.1, 0.15) is 25.6 Å². The molecule has 3 aromatic rings. The summed E-state index contributed by atoms with van der Waals surface area (Å²) in [6, 6.07) is 5.76. The average molecular weight is 318 g/mol. The number of hydrogen-bond acceptors (Lipinski definition) is 6. The van der Waals surface area contributed by atoms with Crippen LogP contribution in [0.4, 0.5) is 0 Å². The SMILES string of the molecule is COc1ccc2nc(SCc3nc(CC(C)C)no3)[nH]c2c1. The van der Waals surface area contributed by atoms with Crippen molar-refractivity contribution in [2.24, 2.45) is 5.92 Å². The smallest absolute Gasteiger partial charge is 0.237 e. The Bertz CT molecular complexity index is 766. The van der Waals surface area contributed by atoms with E-state index in [4.69, 9.17) is 9.26 Å². The van der Waals surface area contributed by atoms with Crippen LogP contribution in [0.15, 0.2) is 27.9 Å². The van der Waals surface area contributed by atoms with Gasteiger partial charge in [0, 0.05) is 12.5 Å². The number of nitrogens with zero attached hydrogens (tertiary/aromatic N) is 3. The zero-order valence-electron chi connectivity index (χ0n) is 12.8. The van der Waals surface area contributed by atoms with Gasteiger partial charge >= 0.3 is 0 Å². The van der Waals surface area contributed by atoms with E-state index >= 15 is 0 Å². The van der Waals surface area contributed by atoms with Gasteiger partial charge in [0.1, 0.15) is 5.75 Å². The van der Waals surface area contributed by atoms with Gasteiger partial charge in [0.25, 0.3) is 0 Å². The molecule has 0 spiro atoms. The molecule has 0 saturated heterocycles. The second-order valence-electron chi connectivity index (χ2n) is 5.42. The molecule has 2 heterocycles.